The average Bonchev–Trinajstić information content (AvgIpc) is 2.82. The number of amides is 2. The van der Waals surface area contributed by atoms with Crippen LogP contribution in [0.15, 0.2) is 18.2 Å². The van der Waals surface area contributed by atoms with Crippen molar-refractivity contribution < 1.29 is 4.79 Å². The van der Waals surface area contributed by atoms with Crippen LogP contribution in [0, 0.1) is 13.8 Å². The minimum absolute atomic E-state index is 0.293. The second kappa shape index (κ2) is 7.17. The summed E-state index contributed by atoms with van der Waals surface area (Å²) in [6, 6.07) is 5.63. The zero-order valence-corrected chi connectivity index (χ0v) is 13.4. The molecule has 0 unspecified atom stereocenters. The molecule has 0 aliphatic rings. The van der Waals surface area contributed by atoms with Gasteiger partial charge in [0.25, 0.3) is 0 Å². The van der Waals surface area contributed by atoms with Gasteiger partial charge in [-0.25, -0.2) is 4.79 Å². The predicted octanol–water partition coefficient (Wildman–Crippen LogP) is 4.14. The Morgan fingerprint density at radius 3 is 2.52 bits per heavy atom. The lowest BCUT2D eigenvalue weighted by atomic mass is 10.1. The van der Waals surface area contributed by atoms with E-state index in [-0.39, 0.29) is 6.03 Å². The number of urea groups is 1. The van der Waals surface area contributed by atoms with Gasteiger partial charge in [-0.2, -0.15) is 0 Å². The number of benzene rings is 1. The van der Waals surface area contributed by atoms with Gasteiger partial charge in [0.05, 0.1) is 0 Å². The molecule has 0 saturated carbocycles. The smallest absolute Gasteiger partial charge is 0.308 e. The first kappa shape index (κ1) is 15.4. The van der Waals surface area contributed by atoms with Crippen molar-refractivity contribution in [2.45, 2.75) is 40.0 Å². The molecule has 112 valence electrons. The van der Waals surface area contributed by atoms with E-state index < -0.39 is 0 Å². The zero-order valence-electron chi connectivity index (χ0n) is 12.6. The number of carbonyl (C=O) groups excluding carboxylic acids is 1. The molecule has 6 heteroatoms. The summed E-state index contributed by atoms with van der Waals surface area (Å²) in [5.74, 6) is 0. The SMILES string of the molecule is CCCCc1nnc(NC(=O)Nc2cc(C)cc(C)c2)s1. The van der Waals surface area contributed by atoms with E-state index in [1.807, 2.05) is 26.0 Å². The lowest BCUT2D eigenvalue weighted by Crippen LogP contribution is -2.19. The number of aryl methyl sites for hydroxylation is 3. The molecule has 2 amide bonds. The first-order valence-corrected chi connectivity index (χ1v) is 7.87. The lowest BCUT2D eigenvalue weighted by Gasteiger charge is -2.07. The van der Waals surface area contributed by atoms with Gasteiger partial charge in [0.15, 0.2) is 0 Å². The van der Waals surface area contributed by atoms with Gasteiger partial charge in [-0.3, -0.25) is 5.32 Å². The van der Waals surface area contributed by atoms with E-state index in [2.05, 4.69) is 33.8 Å². The number of unbranched alkanes of at least 4 members (excludes halogenated alkanes) is 1. The highest BCUT2D eigenvalue weighted by molar-refractivity contribution is 7.15. The first-order chi connectivity index (χ1) is 10.1. The van der Waals surface area contributed by atoms with Crippen LogP contribution < -0.4 is 10.6 Å². The quantitative estimate of drug-likeness (QED) is 0.872. The molecular formula is C15H20N4OS. The number of aromatic nitrogens is 2. The fourth-order valence-corrected chi connectivity index (χ4v) is 2.82. The standard InChI is InChI=1S/C15H20N4OS/c1-4-5-6-13-18-19-15(21-13)17-14(20)16-12-8-10(2)7-11(3)9-12/h7-9H,4-6H2,1-3H3,(H2,16,17,19,20). The van der Waals surface area contributed by atoms with Crippen molar-refractivity contribution in [3.05, 3.63) is 34.3 Å². The first-order valence-electron chi connectivity index (χ1n) is 7.05. The second-order valence-electron chi connectivity index (χ2n) is 5.06. The summed E-state index contributed by atoms with van der Waals surface area (Å²) in [6.07, 6.45) is 3.12. The van der Waals surface area contributed by atoms with E-state index in [0.717, 1.165) is 41.1 Å². The molecule has 0 radical (unpaired) electrons. The second-order valence-corrected chi connectivity index (χ2v) is 6.12. The third-order valence-corrected chi connectivity index (χ3v) is 3.81. The van der Waals surface area contributed by atoms with Crippen LogP contribution in [0.1, 0.15) is 35.9 Å². The molecule has 0 atom stereocenters. The summed E-state index contributed by atoms with van der Waals surface area (Å²) in [6.45, 7) is 6.14. The Bertz CT molecular complexity index is 604. The molecule has 1 aromatic carbocycles. The van der Waals surface area contributed by atoms with Crippen LogP contribution in [-0.4, -0.2) is 16.2 Å². The molecule has 0 saturated heterocycles. The molecule has 5 nitrogen and oxygen atoms in total. The van der Waals surface area contributed by atoms with Gasteiger partial charge >= 0.3 is 6.03 Å². The number of hydrogen-bond donors (Lipinski definition) is 2. The number of hydrogen-bond acceptors (Lipinski definition) is 4. The molecule has 2 N–H and O–H groups in total. The van der Waals surface area contributed by atoms with Gasteiger partial charge in [0.2, 0.25) is 5.13 Å². The normalized spacial score (nSPS) is 10.4. The van der Waals surface area contributed by atoms with E-state index in [4.69, 9.17) is 0 Å². The van der Waals surface area contributed by atoms with E-state index in [1.165, 1.54) is 11.3 Å². The maximum atomic E-state index is 11.9. The minimum Gasteiger partial charge on any atom is -0.308 e. The van der Waals surface area contributed by atoms with Crippen LogP contribution in [0.25, 0.3) is 0 Å². The molecule has 0 aliphatic carbocycles. The Kier molecular flexibility index (Phi) is 5.27. The fraction of sp³-hybridized carbons (Fsp3) is 0.400. The highest BCUT2D eigenvalue weighted by Crippen LogP contribution is 2.18. The summed E-state index contributed by atoms with van der Waals surface area (Å²) in [7, 11) is 0. The highest BCUT2D eigenvalue weighted by atomic mass is 32.1. The third-order valence-electron chi connectivity index (χ3n) is 2.91. The molecule has 1 heterocycles. The highest BCUT2D eigenvalue weighted by Gasteiger charge is 2.08. The van der Waals surface area contributed by atoms with Crippen molar-refractivity contribution in [2.75, 3.05) is 10.6 Å². The summed E-state index contributed by atoms with van der Waals surface area (Å²) in [5, 5.41) is 15.1. The Labute approximate surface area is 128 Å². The van der Waals surface area contributed by atoms with Crippen molar-refractivity contribution in [3.8, 4) is 0 Å². The van der Waals surface area contributed by atoms with Crippen molar-refractivity contribution in [2.24, 2.45) is 0 Å². The van der Waals surface area contributed by atoms with Crippen LogP contribution in [-0.2, 0) is 6.42 Å². The van der Waals surface area contributed by atoms with Crippen LogP contribution in [0.4, 0.5) is 15.6 Å². The molecule has 0 aliphatic heterocycles. The van der Waals surface area contributed by atoms with Gasteiger partial charge in [-0.1, -0.05) is 30.7 Å². The van der Waals surface area contributed by atoms with Gasteiger partial charge < -0.3 is 5.32 Å². The summed E-state index contributed by atoms with van der Waals surface area (Å²) >= 11 is 1.42. The molecule has 2 aromatic rings. The molecule has 0 spiro atoms. The Morgan fingerprint density at radius 1 is 1.14 bits per heavy atom. The van der Waals surface area contributed by atoms with Crippen LogP contribution >= 0.6 is 11.3 Å². The Morgan fingerprint density at radius 2 is 1.86 bits per heavy atom. The predicted molar refractivity (Wildman–Crippen MR) is 87.1 cm³/mol. The number of nitrogens with one attached hydrogen (secondary N) is 2. The summed E-state index contributed by atoms with van der Waals surface area (Å²) in [5.41, 5.74) is 3.01. The molecule has 0 fully saturated rings. The summed E-state index contributed by atoms with van der Waals surface area (Å²) < 4.78 is 0. The van der Waals surface area contributed by atoms with E-state index in [0.29, 0.717) is 5.13 Å². The lowest BCUT2D eigenvalue weighted by molar-refractivity contribution is 0.262. The molecule has 2 rings (SSSR count). The van der Waals surface area contributed by atoms with Gasteiger partial charge in [-0.05, 0) is 43.5 Å². The van der Waals surface area contributed by atoms with Crippen LogP contribution in [0.3, 0.4) is 0 Å². The van der Waals surface area contributed by atoms with Crippen LogP contribution in [0.2, 0.25) is 0 Å². The van der Waals surface area contributed by atoms with Gasteiger partial charge in [0, 0.05) is 12.1 Å². The van der Waals surface area contributed by atoms with Crippen molar-refractivity contribution in [3.63, 3.8) is 0 Å². The molecular weight excluding hydrogens is 284 g/mol. The van der Waals surface area contributed by atoms with Crippen molar-refractivity contribution in [1.82, 2.24) is 10.2 Å². The Hall–Kier alpha value is -1.95. The number of rotatable bonds is 5. The number of anilines is 2. The van der Waals surface area contributed by atoms with Crippen molar-refractivity contribution >= 4 is 28.2 Å². The Balaban J connectivity index is 1.93. The average molecular weight is 304 g/mol. The minimum atomic E-state index is -0.293. The largest absolute Gasteiger partial charge is 0.325 e. The van der Waals surface area contributed by atoms with E-state index >= 15 is 0 Å². The third kappa shape index (κ3) is 4.82. The van der Waals surface area contributed by atoms with Crippen molar-refractivity contribution in [1.29, 1.82) is 0 Å². The monoisotopic (exact) mass is 304 g/mol. The maximum Gasteiger partial charge on any atom is 0.325 e. The zero-order chi connectivity index (χ0) is 15.2. The fourth-order valence-electron chi connectivity index (χ4n) is 2.04. The van der Waals surface area contributed by atoms with Gasteiger partial charge in [-0.15, -0.1) is 10.2 Å². The molecule has 0 bridgehead atoms. The van der Waals surface area contributed by atoms with E-state index in [9.17, 15) is 4.79 Å². The maximum absolute atomic E-state index is 11.9. The van der Waals surface area contributed by atoms with E-state index in [1.54, 1.807) is 0 Å². The van der Waals surface area contributed by atoms with Crippen LogP contribution in [0.5, 0.6) is 0 Å². The summed E-state index contributed by atoms with van der Waals surface area (Å²) in [4.78, 5) is 11.9. The molecule has 1 aromatic heterocycles. The topological polar surface area (TPSA) is 66.9 Å². The number of carbonyl (C=O) groups is 1. The number of nitrogens with zero attached hydrogens (tertiary/aromatic N) is 2. The molecule has 21 heavy (non-hydrogen) atoms. The van der Waals surface area contributed by atoms with Gasteiger partial charge in [0.1, 0.15) is 5.01 Å².